The van der Waals surface area contributed by atoms with Gasteiger partial charge in [0.25, 0.3) is 11.8 Å². The number of nitrogens with one attached hydrogen (secondary N) is 2. The zero-order chi connectivity index (χ0) is 25.5. The first-order valence-electron chi connectivity index (χ1n) is 10.6. The minimum Gasteiger partial charge on any atom is -0.490 e. The number of benzene rings is 2. The fraction of sp³-hybridized carbons (Fsp3) is 0.250. The van der Waals surface area contributed by atoms with Crippen LogP contribution in [0.25, 0.3) is 6.08 Å². The standard InChI is InChI=1S/C24H24BrN3O7/c1-4-34-19-10-15(9-18-23(31)28(24(32)27-18)12-22(30)33-3)17(25)11-20(19)35-13-21(29)26-16-7-5-14(2)6-8-16/h5-11H,4,12-13H2,1-3H3,(H,26,29)(H,27,32)/b18-9+. The van der Waals surface area contributed by atoms with Gasteiger partial charge in [-0.05, 0) is 49.8 Å². The molecule has 1 aliphatic heterocycles. The molecule has 1 fully saturated rings. The number of aryl methyl sites for hydroxylation is 1. The predicted molar refractivity (Wildman–Crippen MR) is 131 cm³/mol. The molecule has 1 aliphatic rings. The van der Waals surface area contributed by atoms with Crippen LogP contribution in [-0.2, 0) is 19.1 Å². The van der Waals surface area contributed by atoms with Crippen LogP contribution in [0.2, 0.25) is 0 Å². The smallest absolute Gasteiger partial charge is 0.329 e. The number of imide groups is 1. The van der Waals surface area contributed by atoms with E-state index in [4.69, 9.17) is 9.47 Å². The number of rotatable bonds is 9. The first-order valence-corrected chi connectivity index (χ1v) is 11.4. The van der Waals surface area contributed by atoms with Crippen LogP contribution < -0.4 is 20.1 Å². The van der Waals surface area contributed by atoms with Gasteiger partial charge in [0.15, 0.2) is 18.1 Å². The minimum absolute atomic E-state index is 0.0202. The monoisotopic (exact) mass is 545 g/mol. The number of esters is 1. The van der Waals surface area contributed by atoms with Gasteiger partial charge in [0.05, 0.1) is 13.7 Å². The molecule has 0 unspecified atom stereocenters. The summed E-state index contributed by atoms with van der Waals surface area (Å²) in [5.74, 6) is -1.08. The van der Waals surface area contributed by atoms with Gasteiger partial charge in [-0.25, -0.2) is 9.69 Å². The maximum Gasteiger partial charge on any atom is 0.329 e. The maximum absolute atomic E-state index is 12.6. The summed E-state index contributed by atoms with van der Waals surface area (Å²) in [6, 6.07) is 9.85. The summed E-state index contributed by atoms with van der Waals surface area (Å²) in [5, 5.41) is 5.19. The van der Waals surface area contributed by atoms with Crippen molar-refractivity contribution < 1.29 is 33.4 Å². The Balaban J connectivity index is 1.75. The molecule has 0 aromatic heterocycles. The van der Waals surface area contributed by atoms with Gasteiger partial charge in [-0.1, -0.05) is 33.6 Å². The first kappa shape index (κ1) is 25.8. The molecular formula is C24H24BrN3O7. The number of ether oxygens (including phenoxy) is 3. The molecule has 0 spiro atoms. The highest BCUT2D eigenvalue weighted by Crippen LogP contribution is 2.35. The Hall–Kier alpha value is -3.86. The van der Waals surface area contributed by atoms with E-state index in [0.29, 0.717) is 33.8 Å². The summed E-state index contributed by atoms with van der Waals surface area (Å²) < 4.78 is 16.4. The van der Waals surface area contributed by atoms with Crippen molar-refractivity contribution in [2.24, 2.45) is 0 Å². The van der Waals surface area contributed by atoms with Crippen molar-refractivity contribution in [3.63, 3.8) is 0 Å². The number of carbonyl (C=O) groups excluding carboxylic acids is 4. The van der Waals surface area contributed by atoms with E-state index in [9.17, 15) is 19.2 Å². The molecule has 0 radical (unpaired) electrons. The van der Waals surface area contributed by atoms with Crippen LogP contribution in [0.3, 0.4) is 0 Å². The molecule has 1 saturated heterocycles. The van der Waals surface area contributed by atoms with Crippen molar-refractivity contribution in [1.82, 2.24) is 10.2 Å². The SMILES string of the molecule is CCOc1cc(/C=C2/NC(=O)N(CC(=O)OC)C2=O)c(Br)cc1OCC(=O)Nc1ccc(C)cc1. The summed E-state index contributed by atoms with van der Waals surface area (Å²) in [7, 11) is 1.17. The summed E-state index contributed by atoms with van der Waals surface area (Å²) in [6.07, 6.45) is 1.44. The molecule has 0 saturated carbocycles. The van der Waals surface area contributed by atoms with Gasteiger partial charge in [-0.3, -0.25) is 14.4 Å². The maximum atomic E-state index is 12.6. The zero-order valence-electron chi connectivity index (χ0n) is 19.3. The Labute approximate surface area is 210 Å². The molecule has 11 heteroatoms. The Morgan fingerprint density at radius 3 is 2.46 bits per heavy atom. The molecule has 0 aliphatic carbocycles. The van der Waals surface area contributed by atoms with Crippen LogP contribution in [0.1, 0.15) is 18.1 Å². The third-order valence-electron chi connectivity index (χ3n) is 4.83. The topological polar surface area (TPSA) is 123 Å². The van der Waals surface area contributed by atoms with Crippen LogP contribution in [0.5, 0.6) is 11.5 Å². The molecule has 10 nitrogen and oxygen atoms in total. The molecule has 3 rings (SSSR count). The molecule has 0 atom stereocenters. The highest BCUT2D eigenvalue weighted by Gasteiger charge is 2.35. The van der Waals surface area contributed by atoms with E-state index >= 15 is 0 Å². The Morgan fingerprint density at radius 2 is 1.80 bits per heavy atom. The number of methoxy groups -OCH3 is 1. The van der Waals surface area contributed by atoms with Gasteiger partial charge in [-0.2, -0.15) is 0 Å². The van der Waals surface area contributed by atoms with Crippen LogP contribution in [0, 0.1) is 6.92 Å². The molecule has 2 N–H and O–H groups in total. The average molecular weight is 546 g/mol. The fourth-order valence-corrected chi connectivity index (χ4v) is 3.52. The molecule has 1 heterocycles. The number of nitrogens with zero attached hydrogens (tertiary/aromatic N) is 1. The van der Waals surface area contributed by atoms with Crippen LogP contribution in [-0.4, -0.2) is 55.6 Å². The Morgan fingerprint density at radius 1 is 1.11 bits per heavy atom. The summed E-state index contributed by atoms with van der Waals surface area (Å²) in [6.45, 7) is 3.32. The lowest BCUT2D eigenvalue weighted by atomic mass is 10.1. The van der Waals surface area contributed by atoms with Gasteiger partial charge in [0.1, 0.15) is 12.2 Å². The fourth-order valence-electron chi connectivity index (χ4n) is 3.08. The number of hydrogen-bond acceptors (Lipinski definition) is 7. The van der Waals surface area contributed by atoms with E-state index in [2.05, 4.69) is 31.3 Å². The molecule has 0 bridgehead atoms. The summed E-state index contributed by atoms with van der Waals surface area (Å²) in [4.78, 5) is 49.2. The Bertz CT molecular complexity index is 1180. The zero-order valence-corrected chi connectivity index (χ0v) is 20.9. The van der Waals surface area contributed by atoms with Gasteiger partial charge >= 0.3 is 12.0 Å². The van der Waals surface area contributed by atoms with Crippen LogP contribution in [0.15, 0.2) is 46.6 Å². The molecule has 2 aromatic carbocycles. The van der Waals surface area contributed by atoms with Crippen molar-refractivity contribution in [1.29, 1.82) is 0 Å². The lowest BCUT2D eigenvalue weighted by molar-refractivity contribution is -0.143. The van der Waals surface area contributed by atoms with Gasteiger partial charge in [-0.15, -0.1) is 0 Å². The second-order valence-electron chi connectivity index (χ2n) is 7.41. The van der Waals surface area contributed by atoms with E-state index in [1.807, 2.05) is 19.1 Å². The molecule has 2 aromatic rings. The van der Waals surface area contributed by atoms with Gasteiger partial charge < -0.3 is 24.8 Å². The van der Waals surface area contributed by atoms with Gasteiger partial charge in [0, 0.05) is 10.2 Å². The average Bonchev–Trinajstić information content (AvgIpc) is 3.08. The van der Waals surface area contributed by atoms with Crippen molar-refractivity contribution in [2.75, 3.05) is 32.2 Å². The summed E-state index contributed by atoms with van der Waals surface area (Å²) in [5.41, 5.74) is 2.22. The van der Waals surface area contributed by atoms with E-state index < -0.39 is 24.5 Å². The van der Waals surface area contributed by atoms with E-state index in [0.717, 1.165) is 10.5 Å². The van der Waals surface area contributed by atoms with Crippen molar-refractivity contribution in [3.05, 3.63) is 57.7 Å². The number of carbonyl (C=O) groups is 4. The molecule has 4 amide bonds. The highest BCUT2D eigenvalue weighted by molar-refractivity contribution is 9.10. The lowest BCUT2D eigenvalue weighted by Crippen LogP contribution is -2.36. The van der Waals surface area contributed by atoms with E-state index in [1.165, 1.54) is 13.2 Å². The minimum atomic E-state index is -0.729. The lowest BCUT2D eigenvalue weighted by Gasteiger charge is -2.14. The third-order valence-corrected chi connectivity index (χ3v) is 5.52. The normalized spacial score (nSPS) is 14.1. The van der Waals surface area contributed by atoms with Crippen molar-refractivity contribution in [2.45, 2.75) is 13.8 Å². The van der Waals surface area contributed by atoms with Crippen molar-refractivity contribution >= 4 is 51.5 Å². The molecule has 35 heavy (non-hydrogen) atoms. The second kappa shape index (κ2) is 11.5. The first-order chi connectivity index (χ1) is 16.7. The highest BCUT2D eigenvalue weighted by atomic mass is 79.9. The number of amides is 4. The van der Waals surface area contributed by atoms with E-state index in [-0.39, 0.29) is 18.2 Å². The summed E-state index contributed by atoms with van der Waals surface area (Å²) >= 11 is 3.42. The number of halogens is 1. The largest absolute Gasteiger partial charge is 0.490 e. The predicted octanol–water partition coefficient (Wildman–Crippen LogP) is 3.24. The number of anilines is 1. The Kier molecular flexibility index (Phi) is 8.48. The number of hydrogen-bond donors (Lipinski definition) is 2. The third kappa shape index (κ3) is 6.60. The van der Waals surface area contributed by atoms with Crippen LogP contribution in [0.4, 0.5) is 10.5 Å². The second-order valence-corrected chi connectivity index (χ2v) is 8.27. The number of urea groups is 1. The molecular weight excluding hydrogens is 522 g/mol. The van der Waals surface area contributed by atoms with Crippen LogP contribution >= 0.6 is 15.9 Å². The van der Waals surface area contributed by atoms with E-state index in [1.54, 1.807) is 31.2 Å². The van der Waals surface area contributed by atoms with Gasteiger partial charge in [0.2, 0.25) is 0 Å². The van der Waals surface area contributed by atoms with Crippen molar-refractivity contribution in [3.8, 4) is 11.5 Å². The quantitative estimate of drug-likeness (QED) is 0.281. The molecule has 184 valence electrons.